The van der Waals surface area contributed by atoms with Crippen LogP contribution < -0.4 is 20.5 Å². The molecule has 1 aromatic heterocycles. The Kier molecular flexibility index (Phi) is 5.67. The van der Waals surface area contributed by atoms with E-state index in [1.54, 1.807) is 37.4 Å². The SMILES string of the molecule is COc1ccc(NC(=O)CN2CCN(c3cc(=O)[nH]c4ccc(F)cc34)CC2)cc1. The van der Waals surface area contributed by atoms with Gasteiger partial charge >= 0.3 is 0 Å². The van der Waals surface area contributed by atoms with Gasteiger partial charge in [0.25, 0.3) is 0 Å². The fraction of sp³-hybridized carbons (Fsp3) is 0.273. The van der Waals surface area contributed by atoms with Crippen molar-refractivity contribution in [3.63, 3.8) is 0 Å². The Bertz CT molecular complexity index is 1110. The maximum absolute atomic E-state index is 13.7. The van der Waals surface area contributed by atoms with E-state index in [4.69, 9.17) is 4.74 Å². The van der Waals surface area contributed by atoms with Gasteiger partial charge in [-0.25, -0.2) is 4.39 Å². The van der Waals surface area contributed by atoms with E-state index in [0.717, 1.165) is 17.1 Å². The van der Waals surface area contributed by atoms with Crippen molar-refractivity contribution in [2.45, 2.75) is 0 Å². The number of benzene rings is 2. The Labute approximate surface area is 173 Å². The summed E-state index contributed by atoms with van der Waals surface area (Å²) in [6.45, 7) is 2.90. The van der Waals surface area contributed by atoms with Gasteiger partial charge in [-0.2, -0.15) is 0 Å². The number of rotatable bonds is 5. The predicted octanol–water partition coefficient (Wildman–Crippen LogP) is 2.44. The molecule has 1 aliphatic heterocycles. The molecule has 156 valence electrons. The molecule has 3 aromatic rings. The summed E-state index contributed by atoms with van der Waals surface area (Å²) in [5.41, 5.74) is 1.83. The number of anilines is 2. The molecule has 1 aliphatic rings. The molecule has 2 aromatic carbocycles. The quantitative estimate of drug-likeness (QED) is 0.676. The number of carbonyl (C=O) groups is 1. The Morgan fingerprint density at radius 1 is 1.10 bits per heavy atom. The van der Waals surface area contributed by atoms with E-state index in [1.807, 2.05) is 0 Å². The van der Waals surface area contributed by atoms with Gasteiger partial charge in [-0.3, -0.25) is 14.5 Å². The van der Waals surface area contributed by atoms with Gasteiger partial charge in [-0.15, -0.1) is 0 Å². The van der Waals surface area contributed by atoms with Crippen molar-refractivity contribution in [1.82, 2.24) is 9.88 Å². The third kappa shape index (κ3) is 4.44. The van der Waals surface area contributed by atoms with Crippen LogP contribution in [0.15, 0.2) is 53.3 Å². The van der Waals surface area contributed by atoms with Crippen molar-refractivity contribution in [2.75, 3.05) is 50.1 Å². The summed E-state index contributed by atoms with van der Waals surface area (Å²) in [5, 5.41) is 3.57. The number of nitrogens with one attached hydrogen (secondary N) is 2. The number of nitrogens with zero attached hydrogens (tertiary/aromatic N) is 2. The molecule has 0 spiro atoms. The van der Waals surface area contributed by atoms with Crippen LogP contribution >= 0.6 is 0 Å². The number of aromatic amines is 1. The van der Waals surface area contributed by atoms with Gasteiger partial charge in [0, 0.05) is 43.3 Å². The molecule has 0 saturated carbocycles. The topological polar surface area (TPSA) is 77.7 Å². The number of H-pyrrole nitrogens is 1. The highest BCUT2D eigenvalue weighted by molar-refractivity contribution is 5.93. The molecule has 8 heteroatoms. The molecule has 7 nitrogen and oxygen atoms in total. The van der Waals surface area contributed by atoms with Crippen LogP contribution in [0.25, 0.3) is 10.9 Å². The van der Waals surface area contributed by atoms with Crippen molar-refractivity contribution in [1.29, 1.82) is 0 Å². The van der Waals surface area contributed by atoms with Crippen molar-refractivity contribution < 1.29 is 13.9 Å². The molecule has 4 rings (SSSR count). The number of amides is 1. The lowest BCUT2D eigenvalue weighted by molar-refractivity contribution is -0.117. The molecular weight excluding hydrogens is 387 g/mol. The normalized spacial score (nSPS) is 14.7. The van der Waals surface area contributed by atoms with Crippen molar-refractivity contribution >= 4 is 28.2 Å². The van der Waals surface area contributed by atoms with Crippen LogP contribution in [0, 0.1) is 5.82 Å². The minimum absolute atomic E-state index is 0.0858. The number of piperazine rings is 1. The van der Waals surface area contributed by atoms with Crippen LogP contribution in [0.1, 0.15) is 0 Å². The second kappa shape index (κ2) is 8.54. The number of pyridine rings is 1. The van der Waals surface area contributed by atoms with Gasteiger partial charge in [0.05, 0.1) is 24.9 Å². The average molecular weight is 410 g/mol. The Balaban J connectivity index is 1.38. The zero-order valence-corrected chi connectivity index (χ0v) is 16.7. The van der Waals surface area contributed by atoms with Crippen LogP contribution in [0.4, 0.5) is 15.8 Å². The predicted molar refractivity (Wildman–Crippen MR) is 115 cm³/mol. The summed E-state index contributed by atoms with van der Waals surface area (Å²) >= 11 is 0. The highest BCUT2D eigenvalue weighted by atomic mass is 19.1. The molecule has 2 N–H and O–H groups in total. The summed E-state index contributed by atoms with van der Waals surface area (Å²) in [5.74, 6) is 0.304. The number of ether oxygens (including phenoxy) is 1. The van der Waals surface area contributed by atoms with E-state index in [0.29, 0.717) is 37.1 Å². The molecule has 1 amide bonds. The van der Waals surface area contributed by atoms with Gasteiger partial charge in [0.15, 0.2) is 0 Å². The first kappa shape index (κ1) is 19.9. The smallest absolute Gasteiger partial charge is 0.250 e. The maximum atomic E-state index is 13.7. The molecule has 0 bridgehead atoms. The zero-order chi connectivity index (χ0) is 21.1. The summed E-state index contributed by atoms with van der Waals surface area (Å²) < 4.78 is 18.9. The second-order valence-electron chi connectivity index (χ2n) is 7.25. The summed E-state index contributed by atoms with van der Waals surface area (Å²) in [6, 6.07) is 13.0. The van der Waals surface area contributed by atoms with Gasteiger partial charge in [0.2, 0.25) is 11.5 Å². The van der Waals surface area contributed by atoms with Gasteiger partial charge < -0.3 is 19.9 Å². The molecule has 0 aliphatic carbocycles. The molecule has 0 unspecified atom stereocenters. The fourth-order valence-corrected chi connectivity index (χ4v) is 3.69. The van der Waals surface area contributed by atoms with Gasteiger partial charge in [-0.05, 0) is 42.5 Å². The number of methoxy groups -OCH3 is 1. The first-order valence-corrected chi connectivity index (χ1v) is 9.75. The van der Waals surface area contributed by atoms with E-state index < -0.39 is 0 Å². The average Bonchev–Trinajstić information content (AvgIpc) is 2.74. The molecule has 1 fully saturated rings. The van der Waals surface area contributed by atoms with Crippen LogP contribution in [0.3, 0.4) is 0 Å². The van der Waals surface area contributed by atoms with Crippen LogP contribution in [0.2, 0.25) is 0 Å². The van der Waals surface area contributed by atoms with E-state index in [1.165, 1.54) is 18.2 Å². The maximum Gasteiger partial charge on any atom is 0.250 e. The third-order valence-corrected chi connectivity index (χ3v) is 5.24. The van der Waals surface area contributed by atoms with Gasteiger partial charge in [0.1, 0.15) is 11.6 Å². The van der Waals surface area contributed by atoms with Crippen molar-refractivity contribution in [2.24, 2.45) is 0 Å². The lowest BCUT2D eigenvalue weighted by Gasteiger charge is -2.36. The number of aromatic nitrogens is 1. The van der Waals surface area contributed by atoms with Crippen LogP contribution in [-0.2, 0) is 4.79 Å². The summed E-state index contributed by atoms with van der Waals surface area (Å²) in [6.07, 6.45) is 0. The largest absolute Gasteiger partial charge is 0.497 e. The number of hydrogen-bond donors (Lipinski definition) is 2. The highest BCUT2D eigenvalue weighted by Crippen LogP contribution is 2.25. The fourth-order valence-electron chi connectivity index (χ4n) is 3.69. The molecule has 2 heterocycles. The highest BCUT2D eigenvalue weighted by Gasteiger charge is 2.21. The molecule has 30 heavy (non-hydrogen) atoms. The Hall–Kier alpha value is -3.39. The van der Waals surface area contributed by atoms with E-state index in [-0.39, 0.29) is 23.8 Å². The summed E-state index contributed by atoms with van der Waals surface area (Å²) in [4.78, 5) is 31.2. The number of halogens is 1. The lowest BCUT2D eigenvalue weighted by Crippen LogP contribution is -2.49. The monoisotopic (exact) mass is 410 g/mol. The molecule has 1 saturated heterocycles. The zero-order valence-electron chi connectivity index (χ0n) is 16.7. The standard InChI is InChI=1S/C22H23FN4O3/c1-30-17-5-3-16(4-6-17)24-22(29)14-26-8-10-27(11-9-26)20-13-21(28)25-19-7-2-15(23)12-18(19)20/h2-7,12-13H,8-11,14H2,1H3,(H,24,29)(H,25,28). The van der Waals surface area contributed by atoms with Gasteiger partial charge in [-0.1, -0.05) is 0 Å². The minimum Gasteiger partial charge on any atom is -0.497 e. The van der Waals surface area contributed by atoms with Crippen LogP contribution in [0.5, 0.6) is 5.75 Å². The first-order valence-electron chi connectivity index (χ1n) is 9.75. The third-order valence-electron chi connectivity index (χ3n) is 5.24. The van der Waals surface area contributed by atoms with Crippen LogP contribution in [-0.4, -0.2) is 55.6 Å². The summed E-state index contributed by atoms with van der Waals surface area (Å²) in [7, 11) is 1.60. The lowest BCUT2D eigenvalue weighted by atomic mass is 10.1. The Morgan fingerprint density at radius 2 is 1.83 bits per heavy atom. The minimum atomic E-state index is -0.343. The number of hydrogen-bond acceptors (Lipinski definition) is 5. The molecular formula is C22H23FN4O3. The number of carbonyl (C=O) groups excluding carboxylic acids is 1. The van der Waals surface area contributed by atoms with E-state index in [2.05, 4.69) is 20.1 Å². The van der Waals surface area contributed by atoms with E-state index >= 15 is 0 Å². The molecule has 0 radical (unpaired) electrons. The second-order valence-corrected chi connectivity index (χ2v) is 7.25. The molecule has 0 atom stereocenters. The van der Waals surface area contributed by atoms with Crippen molar-refractivity contribution in [3.8, 4) is 5.75 Å². The van der Waals surface area contributed by atoms with E-state index in [9.17, 15) is 14.0 Å². The first-order chi connectivity index (χ1) is 14.5. The Morgan fingerprint density at radius 3 is 2.53 bits per heavy atom. The van der Waals surface area contributed by atoms with Crippen molar-refractivity contribution in [3.05, 3.63) is 64.7 Å². The number of fused-ring (bicyclic) bond motifs is 1.